The lowest BCUT2D eigenvalue weighted by Crippen LogP contribution is -2.23. The van der Waals surface area contributed by atoms with Gasteiger partial charge in [-0.2, -0.15) is 9.97 Å². The Hall–Kier alpha value is -2.66. The number of aromatic nitrogens is 4. The number of anilines is 2. The van der Waals surface area contributed by atoms with Crippen LogP contribution in [0.25, 0.3) is 21.6 Å². The number of fused-ring (bicyclic) bond motifs is 1. The topological polar surface area (TPSA) is 180 Å². The van der Waals surface area contributed by atoms with Crippen LogP contribution in [-0.2, 0) is 4.74 Å². The Morgan fingerprint density at radius 3 is 3.04 bits per heavy atom. The minimum absolute atomic E-state index is 0.0465. The SMILES string of the molecule is CC(CO)Nc1nc(N)nc2c1ncn2[C@H]1CC(N=[N+]=[N-])[C@@H](CO)O1. The number of hydrogen-bond donors (Lipinski definition) is 4. The summed E-state index contributed by atoms with van der Waals surface area (Å²) in [6.07, 6.45) is 0.811. The molecule has 2 aromatic rings. The van der Waals surface area contributed by atoms with Gasteiger partial charge in [-0.3, -0.25) is 4.57 Å². The molecule has 0 saturated carbocycles. The van der Waals surface area contributed by atoms with E-state index < -0.39 is 18.4 Å². The number of aliphatic hydroxyl groups is 2. The van der Waals surface area contributed by atoms with E-state index in [1.54, 1.807) is 11.5 Å². The number of ether oxygens (including phenoxy) is 1. The Morgan fingerprint density at radius 1 is 1.56 bits per heavy atom. The summed E-state index contributed by atoms with van der Waals surface area (Å²) in [5.41, 5.74) is 15.4. The van der Waals surface area contributed by atoms with Gasteiger partial charge in [0.1, 0.15) is 6.23 Å². The minimum atomic E-state index is -0.593. The van der Waals surface area contributed by atoms with Gasteiger partial charge in [0.2, 0.25) is 5.95 Å². The lowest BCUT2D eigenvalue weighted by molar-refractivity contribution is -0.0232. The number of hydrogen-bond acceptors (Lipinski definition) is 9. The van der Waals surface area contributed by atoms with Gasteiger partial charge in [0.25, 0.3) is 0 Å². The first-order valence-electron chi connectivity index (χ1n) is 7.75. The zero-order chi connectivity index (χ0) is 18.0. The van der Waals surface area contributed by atoms with Gasteiger partial charge < -0.3 is 26.0 Å². The molecular formula is C13H19N9O3. The Bertz CT molecular complexity index is 803. The van der Waals surface area contributed by atoms with Crippen LogP contribution in [0.5, 0.6) is 0 Å². The molecule has 1 aliphatic rings. The van der Waals surface area contributed by atoms with Crippen LogP contribution in [-0.4, -0.2) is 61.1 Å². The zero-order valence-corrected chi connectivity index (χ0v) is 13.5. The van der Waals surface area contributed by atoms with Crippen molar-refractivity contribution in [2.45, 2.75) is 37.8 Å². The van der Waals surface area contributed by atoms with Gasteiger partial charge in [-0.25, -0.2) is 4.98 Å². The van der Waals surface area contributed by atoms with Gasteiger partial charge in [-0.1, -0.05) is 5.11 Å². The molecular weight excluding hydrogens is 330 g/mol. The maximum absolute atomic E-state index is 9.39. The first kappa shape index (κ1) is 17.2. The van der Waals surface area contributed by atoms with E-state index in [0.29, 0.717) is 23.4 Å². The number of imidazole rings is 1. The fourth-order valence-corrected chi connectivity index (χ4v) is 2.76. The van der Waals surface area contributed by atoms with Gasteiger partial charge in [0.15, 0.2) is 17.0 Å². The molecule has 4 atom stereocenters. The Labute approximate surface area is 142 Å². The van der Waals surface area contributed by atoms with E-state index in [0.717, 1.165) is 0 Å². The summed E-state index contributed by atoms with van der Waals surface area (Å²) in [7, 11) is 0. The highest BCUT2D eigenvalue weighted by atomic mass is 16.5. The van der Waals surface area contributed by atoms with E-state index in [1.807, 2.05) is 0 Å². The summed E-state index contributed by atoms with van der Waals surface area (Å²) in [5, 5.41) is 25.3. The van der Waals surface area contributed by atoms with Crippen LogP contribution < -0.4 is 11.1 Å². The van der Waals surface area contributed by atoms with Crippen LogP contribution in [0.15, 0.2) is 11.4 Å². The average molecular weight is 349 g/mol. The lowest BCUT2D eigenvalue weighted by Gasteiger charge is -2.15. The third kappa shape index (κ3) is 3.28. The van der Waals surface area contributed by atoms with Gasteiger partial charge in [0.05, 0.1) is 31.7 Å². The van der Waals surface area contributed by atoms with Crippen LogP contribution >= 0.6 is 0 Å². The van der Waals surface area contributed by atoms with Crippen LogP contribution in [0.2, 0.25) is 0 Å². The monoisotopic (exact) mass is 349 g/mol. The summed E-state index contributed by atoms with van der Waals surface area (Å²) in [6, 6.07) is -0.720. The van der Waals surface area contributed by atoms with E-state index in [1.165, 1.54) is 6.33 Å². The summed E-state index contributed by atoms with van der Waals surface area (Å²) in [6.45, 7) is 1.45. The van der Waals surface area contributed by atoms with Crippen LogP contribution in [0.4, 0.5) is 11.8 Å². The second-order valence-corrected chi connectivity index (χ2v) is 5.80. The van der Waals surface area contributed by atoms with Crippen molar-refractivity contribution < 1.29 is 14.9 Å². The summed E-state index contributed by atoms with van der Waals surface area (Å²) >= 11 is 0. The number of nitrogens with one attached hydrogen (secondary N) is 1. The van der Waals surface area contributed by atoms with Crippen molar-refractivity contribution in [3.63, 3.8) is 0 Å². The lowest BCUT2D eigenvalue weighted by atomic mass is 10.1. The zero-order valence-electron chi connectivity index (χ0n) is 13.5. The quantitative estimate of drug-likeness (QED) is 0.323. The largest absolute Gasteiger partial charge is 0.394 e. The van der Waals surface area contributed by atoms with E-state index in [4.69, 9.17) is 16.0 Å². The highest BCUT2D eigenvalue weighted by molar-refractivity contribution is 5.84. The number of azide groups is 1. The molecule has 0 bridgehead atoms. The van der Waals surface area contributed by atoms with E-state index in [-0.39, 0.29) is 25.2 Å². The van der Waals surface area contributed by atoms with Gasteiger partial charge in [0, 0.05) is 17.4 Å². The molecule has 3 rings (SSSR count). The molecule has 1 fully saturated rings. The molecule has 0 spiro atoms. The highest BCUT2D eigenvalue weighted by Gasteiger charge is 2.36. The number of rotatable bonds is 6. The van der Waals surface area contributed by atoms with E-state index >= 15 is 0 Å². The summed E-state index contributed by atoms with van der Waals surface area (Å²) in [4.78, 5) is 15.4. The maximum Gasteiger partial charge on any atom is 0.224 e. The number of aliphatic hydroxyl groups excluding tert-OH is 2. The van der Waals surface area contributed by atoms with Crippen molar-refractivity contribution in [3.8, 4) is 0 Å². The fourth-order valence-electron chi connectivity index (χ4n) is 2.76. The van der Waals surface area contributed by atoms with E-state index in [9.17, 15) is 10.2 Å². The predicted molar refractivity (Wildman–Crippen MR) is 88.5 cm³/mol. The molecule has 2 unspecified atom stereocenters. The smallest absolute Gasteiger partial charge is 0.224 e. The van der Waals surface area contributed by atoms with Crippen molar-refractivity contribution in [1.82, 2.24) is 19.5 Å². The summed E-state index contributed by atoms with van der Waals surface area (Å²) < 4.78 is 7.42. The van der Waals surface area contributed by atoms with Crippen LogP contribution in [0.1, 0.15) is 19.6 Å². The minimum Gasteiger partial charge on any atom is -0.394 e. The fraction of sp³-hybridized carbons (Fsp3) is 0.615. The molecule has 0 amide bonds. The maximum atomic E-state index is 9.39. The second kappa shape index (κ2) is 7.07. The summed E-state index contributed by atoms with van der Waals surface area (Å²) in [5.74, 6) is 0.455. The molecule has 3 heterocycles. The standard InChI is InChI=1S/C13H19N9O3/c1-6(3-23)17-11-10-12(19-13(14)18-11)22(5-16-10)9-2-7(20-21-15)8(4-24)25-9/h5-9,23-24H,2-4H2,1H3,(H3,14,17,18,19)/t6?,7?,8-,9-/m1/s1. The molecule has 0 aromatic carbocycles. The number of nitrogen functional groups attached to an aromatic ring is 1. The molecule has 134 valence electrons. The molecule has 1 saturated heterocycles. The van der Waals surface area contributed by atoms with Gasteiger partial charge >= 0.3 is 0 Å². The Kier molecular flexibility index (Phi) is 4.86. The van der Waals surface area contributed by atoms with E-state index in [2.05, 4.69) is 30.3 Å². The van der Waals surface area contributed by atoms with Crippen molar-refractivity contribution in [2.75, 3.05) is 24.3 Å². The third-order valence-electron chi connectivity index (χ3n) is 3.99. The molecule has 0 radical (unpaired) electrons. The number of nitrogens with two attached hydrogens (primary N) is 1. The van der Waals surface area contributed by atoms with Crippen molar-refractivity contribution in [3.05, 3.63) is 16.8 Å². The molecule has 25 heavy (non-hydrogen) atoms. The first-order valence-corrected chi connectivity index (χ1v) is 7.75. The Balaban J connectivity index is 1.97. The van der Waals surface area contributed by atoms with Crippen LogP contribution in [0.3, 0.4) is 0 Å². The molecule has 1 aliphatic heterocycles. The first-order chi connectivity index (χ1) is 12.1. The molecule has 5 N–H and O–H groups in total. The second-order valence-electron chi connectivity index (χ2n) is 5.80. The normalized spacial score (nSPS) is 24.2. The molecule has 0 aliphatic carbocycles. The average Bonchev–Trinajstić information content (AvgIpc) is 3.18. The molecule has 12 nitrogen and oxygen atoms in total. The molecule has 2 aromatic heterocycles. The number of nitrogens with zero attached hydrogens (tertiary/aromatic N) is 7. The van der Waals surface area contributed by atoms with Crippen molar-refractivity contribution in [2.24, 2.45) is 5.11 Å². The Morgan fingerprint density at radius 2 is 2.36 bits per heavy atom. The third-order valence-corrected chi connectivity index (χ3v) is 3.99. The van der Waals surface area contributed by atoms with Crippen molar-refractivity contribution >= 4 is 22.9 Å². The highest BCUT2D eigenvalue weighted by Crippen LogP contribution is 2.33. The van der Waals surface area contributed by atoms with Gasteiger partial charge in [-0.05, 0) is 12.5 Å². The van der Waals surface area contributed by atoms with Crippen molar-refractivity contribution in [1.29, 1.82) is 0 Å². The van der Waals surface area contributed by atoms with Crippen LogP contribution in [0, 0.1) is 0 Å². The predicted octanol–water partition coefficient (Wildman–Crippen LogP) is 0.160. The van der Waals surface area contributed by atoms with Gasteiger partial charge in [-0.15, -0.1) is 0 Å². The molecule has 12 heteroatoms.